The van der Waals surface area contributed by atoms with Crippen LogP contribution in [0.3, 0.4) is 0 Å². The molecule has 41 heavy (non-hydrogen) atoms. The van der Waals surface area contributed by atoms with Gasteiger partial charge in [-0.05, 0) is 42.6 Å². The Bertz CT molecular complexity index is 1800. The second-order valence-electron chi connectivity index (χ2n) is 11.4. The summed E-state index contributed by atoms with van der Waals surface area (Å²) in [6.07, 6.45) is 5.69. The molecule has 0 aliphatic rings. The van der Waals surface area contributed by atoms with Crippen molar-refractivity contribution in [2.24, 2.45) is 12.5 Å². The van der Waals surface area contributed by atoms with Gasteiger partial charge in [-0.15, -0.1) is 10.2 Å². The maximum atomic E-state index is 5.19. The molecule has 0 spiro atoms. The molecule has 208 valence electrons. The number of fused-ring (bicyclic) bond motifs is 3. The van der Waals surface area contributed by atoms with Crippen LogP contribution >= 0.6 is 0 Å². The van der Waals surface area contributed by atoms with Gasteiger partial charge in [0, 0.05) is 55.1 Å². The topological polar surface area (TPSA) is 85.0 Å². The monoisotopic (exact) mass is 544 g/mol. The molecule has 6 aromatic rings. The Hall–Kier alpha value is -4.40. The standard InChI is InChI=1S/C33H36N8/c1-22(34-4)33(2,3)20-35-18-23-11-13-25(14-12-23)30-26(24-9-7-6-8-10-24)17-27-28(37-30)15-16-41-31(27)38-39-32(41)29-19-40(5)21-36-29/h6-17,19,21-22,34-35H,18,20H2,1-5H3. The predicted octanol–water partition coefficient (Wildman–Crippen LogP) is 5.74. The van der Waals surface area contributed by atoms with E-state index < -0.39 is 0 Å². The Morgan fingerprint density at radius 2 is 1.73 bits per heavy atom. The minimum Gasteiger partial charge on any atom is -0.340 e. The van der Waals surface area contributed by atoms with Gasteiger partial charge in [0.15, 0.2) is 11.5 Å². The van der Waals surface area contributed by atoms with Gasteiger partial charge >= 0.3 is 0 Å². The average molecular weight is 545 g/mol. The van der Waals surface area contributed by atoms with E-state index in [9.17, 15) is 0 Å². The number of nitrogens with zero attached hydrogens (tertiary/aromatic N) is 6. The number of hydrogen-bond acceptors (Lipinski definition) is 6. The molecule has 0 aliphatic carbocycles. The van der Waals surface area contributed by atoms with Gasteiger partial charge in [-0.2, -0.15) is 0 Å². The number of imidazole rings is 1. The first-order valence-corrected chi connectivity index (χ1v) is 14.0. The lowest BCUT2D eigenvalue weighted by Crippen LogP contribution is -2.43. The first-order chi connectivity index (χ1) is 19.8. The molecule has 0 amide bonds. The number of aryl methyl sites for hydroxylation is 1. The molecule has 4 aromatic heterocycles. The van der Waals surface area contributed by atoms with Gasteiger partial charge < -0.3 is 15.2 Å². The summed E-state index contributed by atoms with van der Waals surface area (Å²) >= 11 is 0. The highest BCUT2D eigenvalue weighted by Crippen LogP contribution is 2.35. The summed E-state index contributed by atoms with van der Waals surface area (Å²) in [5, 5.41) is 17.0. The number of rotatable bonds is 9. The van der Waals surface area contributed by atoms with Crippen LogP contribution in [-0.4, -0.2) is 48.8 Å². The number of pyridine rings is 2. The quantitative estimate of drug-likeness (QED) is 0.242. The molecule has 0 bridgehead atoms. The van der Waals surface area contributed by atoms with Gasteiger partial charge in [-0.25, -0.2) is 9.97 Å². The van der Waals surface area contributed by atoms with Crippen LogP contribution in [0.15, 0.2) is 85.5 Å². The largest absolute Gasteiger partial charge is 0.340 e. The molecule has 1 atom stereocenters. The fourth-order valence-corrected chi connectivity index (χ4v) is 5.21. The van der Waals surface area contributed by atoms with Crippen LogP contribution in [0, 0.1) is 5.41 Å². The summed E-state index contributed by atoms with van der Waals surface area (Å²) in [6, 6.07) is 23.8. The van der Waals surface area contributed by atoms with Crippen LogP contribution in [0.2, 0.25) is 0 Å². The smallest absolute Gasteiger partial charge is 0.188 e. The van der Waals surface area contributed by atoms with Crippen LogP contribution in [0.5, 0.6) is 0 Å². The number of aromatic nitrogens is 6. The average Bonchev–Trinajstić information content (AvgIpc) is 3.63. The zero-order valence-electron chi connectivity index (χ0n) is 24.3. The Morgan fingerprint density at radius 3 is 2.44 bits per heavy atom. The maximum Gasteiger partial charge on any atom is 0.188 e. The first-order valence-electron chi connectivity index (χ1n) is 14.0. The molecule has 8 nitrogen and oxygen atoms in total. The third kappa shape index (κ3) is 5.24. The van der Waals surface area contributed by atoms with Gasteiger partial charge in [0.05, 0.1) is 17.5 Å². The van der Waals surface area contributed by atoms with E-state index in [1.165, 1.54) is 5.56 Å². The zero-order valence-corrected chi connectivity index (χ0v) is 24.3. The van der Waals surface area contributed by atoms with Crippen molar-refractivity contribution in [2.75, 3.05) is 13.6 Å². The van der Waals surface area contributed by atoms with E-state index in [1.54, 1.807) is 6.33 Å². The van der Waals surface area contributed by atoms with Crippen molar-refractivity contribution in [1.82, 2.24) is 39.8 Å². The van der Waals surface area contributed by atoms with E-state index >= 15 is 0 Å². The van der Waals surface area contributed by atoms with Gasteiger partial charge in [0.2, 0.25) is 0 Å². The normalized spacial score (nSPS) is 12.8. The second-order valence-corrected chi connectivity index (χ2v) is 11.4. The molecular formula is C33H36N8. The van der Waals surface area contributed by atoms with Gasteiger partial charge in [0.1, 0.15) is 5.69 Å². The number of benzene rings is 2. The first kappa shape index (κ1) is 26.8. The molecule has 1 unspecified atom stereocenters. The minimum absolute atomic E-state index is 0.155. The van der Waals surface area contributed by atoms with Crippen LogP contribution in [-0.2, 0) is 13.6 Å². The molecule has 2 N–H and O–H groups in total. The van der Waals surface area contributed by atoms with Crippen LogP contribution in [0.4, 0.5) is 0 Å². The Balaban J connectivity index is 1.37. The van der Waals surface area contributed by atoms with Crippen molar-refractivity contribution in [2.45, 2.75) is 33.4 Å². The Morgan fingerprint density at radius 1 is 0.951 bits per heavy atom. The van der Waals surface area contributed by atoms with E-state index in [1.807, 2.05) is 47.6 Å². The second kappa shape index (κ2) is 10.9. The van der Waals surface area contributed by atoms with Crippen molar-refractivity contribution < 1.29 is 0 Å². The van der Waals surface area contributed by atoms with Crippen molar-refractivity contribution in [3.63, 3.8) is 0 Å². The number of hydrogen-bond donors (Lipinski definition) is 2. The molecule has 0 saturated carbocycles. The van der Waals surface area contributed by atoms with Gasteiger partial charge in [-0.3, -0.25) is 4.40 Å². The lowest BCUT2D eigenvalue weighted by atomic mass is 9.85. The Labute approximate surface area is 240 Å². The van der Waals surface area contributed by atoms with E-state index in [-0.39, 0.29) is 5.41 Å². The third-order valence-corrected chi connectivity index (χ3v) is 8.13. The summed E-state index contributed by atoms with van der Waals surface area (Å²) in [5.74, 6) is 0.709. The van der Waals surface area contributed by atoms with Crippen molar-refractivity contribution >= 4 is 16.6 Å². The summed E-state index contributed by atoms with van der Waals surface area (Å²) < 4.78 is 3.90. The van der Waals surface area contributed by atoms with Crippen LogP contribution in [0.1, 0.15) is 26.3 Å². The lowest BCUT2D eigenvalue weighted by molar-refractivity contribution is 0.255. The summed E-state index contributed by atoms with van der Waals surface area (Å²) in [5.41, 5.74) is 8.00. The molecule has 6 rings (SSSR count). The van der Waals surface area contributed by atoms with Crippen LogP contribution in [0.25, 0.3) is 50.5 Å². The maximum absolute atomic E-state index is 5.19. The fraction of sp³-hybridized carbons (Fsp3) is 0.273. The van der Waals surface area contributed by atoms with Gasteiger partial charge in [0.25, 0.3) is 0 Å². The molecule has 0 aliphatic heterocycles. The van der Waals surface area contributed by atoms with E-state index in [4.69, 9.17) is 4.98 Å². The van der Waals surface area contributed by atoms with Crippen molar-refractivity contribution in [3.8, 4) is 33.9 Å². The van der Waals surface area contributed by atoms with E-state index in [2.05, 4.69) is 101 Å². The molecule has 0 fully saturated rings. The predicted molar refractivity (Wildman–Crippen MR) is 165 cm³/mol. The summed E-state index contributed by atoms with van der Waals surface area (Å²) in [7, 11) is 3.96. The highest BCUT2D eigenvalue weighted by Gasteiger charge is 2.24. The van der Waals surface area contributed by atoms with Crippen molar-refractivity contribution in [1.29, 1.82) is 0 Å². The van der Waals surface area contributed by atoms with Crippen LogP contribution < -0.4 is 10.6 Å². The molecular weight excluding hydrogens is 508 g/mol. The molecule has 4 heterocycles. The lowest BCUT2D eigenvalue weighted by Gasteiger charge is -2.32. The molecule has 8 heteroatoms. The minimum atomic E-state index is 0.155. The van der Waals surface area contributed by atoms with Gasteiger partial charge in [-0.1, -0.05) is 68.4 Å². The highest BCUT2D eigenvalue weighted by molar-refractivity contribution is 5.98. The molecule has 0 saturated heterocycles. The molecule has 2 aromatic carbocycles. The molecule has 0 radical (unpaired) electrons. The van der Waals surface area contributed by atoms with E-state index in [0.717, 1.165) is 57.7 Å². The van der Waals surface area contributed by atoms with E-state index in [0.29, 0.717) is 11.9 Å². The highest BCUT2D eigenvalue weighted by atomic mass is 15.3. The fourth-order valence-electron chi connectivity index (χ4n) is 5.21. The summed E-state index contributed by atoms with van der Waals surface area (Å²) in [4.78, 5) is 9.66. The zero-order chi connectivity index (χ0) is 28.6. The SMILES string of the molecule is CNC(C)C(C)(C)CNCc1ccc(-c2nc3ccn4c(-c5cn(C)cn5)nnc4c3cc2-c2ccccc2)cc1. The Kier molecular flexibility index (Phi) is 7.11. The summed E-state index contributed by atoms with van der Waals surface area (Å²) in [6.45, 7) is 8.55. The number of nitrogens with one attached hydrogen (secondary N) is 2. The third-order valence-electron chi connectivity index (χ3n) is 8.13. The van der Waals surface area contributed by atoms with Crippen molar-refractivity contribution in [3.05, 3.63) is 91.0 Å².